The molecule has 4 nitrogen and oxygen atoms in total. The van der Waals surface area contributed by atoms with Crippen molar-refractivity contribution in [3.8, 4) is 0 Å². The highest BCUT2D eigenvalue weighted by Gasteiger charge is 2.21. The van der Waals surface area contributed by atoms with E-state index >= 15 is 0 Å². The van der Waals surface area contributed by atoms with Crippen LogP contribution in [0.5, 0.6) is 0 Å². The molecule has 0 aliphatic rings. The summed E-state index contributed by atoms with van der Waals surface area (Å²) >= 11 is 12.4. The standard InChI is InChI=1S/C19H13BrClN3OS2/c20-13-3-5-15-16(8-13)27-19(23-15)24(11-12-2-1-7-22-10-12)18(25)9-14-4-6-17(21)26-14/h1-8,10H,9,11H2. The van der Waals surface area contributed by atoms with Crippen LogP contribution in [0.1, 0.15) is 10.4 Å². The molecule has 4 rings (SSSR count). The number of pyridine rings is 1. The van der Waals surface area contributed by atoms with E-state index in [9.17, 15) is 4.79 Å². The van der Waals surface area contributed by atoms with E-state index in [1.54, 1.807) is 17.3 Å². The van der Waals surface area contributed by atoms with Crippen molar-refractivity contribution in [2.75, 3.05) is 4.90 Å². The molecule has 0 radical (unpaired) electrons. The van der Waals surface area contributed by atoms with Gasteiger partial charge in [0.2, 0.25) is 5.91 Å². The molecule has 136 valence electrons. The smallest absolute Gasteiger partial charge is 0.234 e. The SMILES string of the molecule is O=C(Cc1ccc(Cl)s1)N(Cc1cccnc1)c1nc2ccc(Br)cc2s1. The molecule has 0 unspecified atom stereocenters. The second-order valence-electron chi connectivity index (χ2n) is 5.83. The van der Waals surface area contributed by atoms with Crippen LogP contribution in [0.3, 0.4) is 0 Å². The lowest BCUT2D eigenvalue weighted by Crippen LogP contribution is -2.31. The maximum absolute atomic E-state index is 13.1. The molecule has 1 amide bonds. The summed E-state index contributed by atoms with van der Waals surface area (Å²) in [5, 5.41) is 0.680. The van der Waals surface area contributed by atoms with Crippen LogP contribution in [-0.4, -0.2) is 15.9 Å². The maximum atomic E-state index is 13.1. The molecule has 0 aliphatic heterocycles. The first-order valence-corrected chi connectivity index (χ1v) is 10.9. The van der Waals surface area contributed by atoms with Gasteiger partial charge in [0, 0.05) is 21.7 Å². The van der Waals surface area contributed by atoms with Crippen molar-refractivity contribution >= 4 is 71.5 Å². The van der Waals surface area contributed by atoms with Crippen LogP contribution >= 0.6 is 50.2 Å². The molecular formula is C19H13BrClN3OS2. The number of aromatic nitrogens is 2. The predicted molar refractivity (Wildman–Crippen MR) is 116 cm³/mol. The Hall–Kier alpha value is -1.80. The maximum Gasteiger partial charge on any atom is 0.234 e. The molecule has 4 aromatic rings. The number of carbonyl (C=O) groups is 1. The monoisotopic (exact) mass is 477 g/mol. The van der Waals surface area contributed by atoms with Crippen LogP contribution in [0.25, 0.3) is 10.2 Å². The van der Waals surface area contributed by atoms with Crippen LogP contribution in [-0.2, 0) is 17.8 Å². The highest BCUT2D eigenvalue weighted by molar-refractivity contribution is 9.10. The van der Waals surface area contributed by atoms with Crippen molar-refractivity contribution in [2.24, 2.45) is 0 Å². The number of hydrogen-bond acceptors (Lipinski definition) is 5. The average molecular weight is 479 g/mol. The summed E-state index contributed by atoms with van der Waals surface area (Å²) in [4.78, 5) is 24.6. The predicted octanol–water partition coefficient (Wildman–Crippen LogP) is 5.94. The number of fused-ring (bicyclic) bond motifs is 1. The van der Waals surface area contributed by atoms with Gasteiger partial charge in [-0.3, -0.25) is 14.7 Å². The van der Waals surface area contributed by atoms with Gasteiger partial charge >= 0.3 is 0 Å². The number of benzene rings is 1. The third kappa shape index (κ3) is 4.38. The molecular weight excluding hydrogens is 466 g/mol. The Balaban J connectivity index is 1.68. The van der Waals surface area contributed by atoms with E-state index in [1.165, 1.54) is 22.7 Å². The number of hydrogen-bond donors (Lipinski definition) is 0. The Bertz CT molecular complexity index is 1100. The molecule has 3 heterocycles. The van der Waals surface area contributed by atoms with Gasteiger partial charge in [-0.1, -0.05) is 44.9 Å². The van der Waals surface area contributed by atoms with E-state index in [-0.39, 0.29) is 12.3 Å². The Morgan fingerprint density at radius 1 is 1.19 bits per heavy atom. The molecule has 1 aromatic carbocycles. The molecule has 0 atom stereocenters. The zero-order chi connectivity index (χ0) is 18.8. The molecule has 0 aliphatic carbocycles. The van der Waals surface area contributed by atoms with Crippen molar-refractivity contribution in [1.82, 2.24) is 9.97 Å². The number of thiophene rings is 1. The highest BCUT2D eigenvalue weighted by Crippen LogP contribution is 2.32. The topological polar surface area (TPSA) is 46.1 Å². The fourth-order valence-corrected chi connectivity index (χ4v) is 5.24. The fourth-order valence-electron chi connectivity index (χ4n) is 2.63. The van der Waals surface area contributed by atoms with Gasteiger partial charge in [-0.25, -0.2) is 4.98 Å². The van der Waals surface area contributed by atoms with Crippen LogP contribution in [0.2, 0.25) is 4.34 Å². The molecule has 27 heavy (non-hydrogen) atoms. The minimum Gasteiger partial charge on any atom is -0.283 e. The zero-order valence-corrected chi connectivity index (χ0v) is 17.9. The highest BCUT2D eigenvalue weighted by atomic mass is 79.9. The lowest BCUT2D eigenvalue weighted by molar-refractivity contribution is -0.118. The van der Waals surface area contributed by atoms with Gasteiger partial charge < -0.3 is 0 Å². The van der Waals surface area contributed by atoms with Gasteiger partial charge in [-0.15, -0.1) is 11.3 Å². The number of rotatable bonds is 5. The molecule has 0 saturated heterocycles. The molecule has 0 saturated carbocycles. The summed E-state index contributed by atoms with van der Waals surface area (Å²) < 4.78 is 2.70. The van der Waals surface area contributed by atoms with Crippen LogP contribution in [0, 0.1) is 0 Å². The van der Waals surface area contributed by atoms with Gasteiger partial charge in [0.15, 0.2) is 5.13 Å². The van der Waals surface area contributed by atoms with E-state index in [4.69, 9.17) is 11.6 Å². The number of carbonyl (C=O) groups excluding carboxylic acids is 1. The molecule has 0 N–H and O–H groups in total. The number of thiazole rings is 1. The van der Waals surface area contributed by atoms with Crippen LogP contribution in [0.15, 0.2) is 59.3 Å². The molecule has 0 spiro atoms. The van der Waals surface area contributed by atoms with Crippen LogP contribution < -0.4 is 4.90 Å². The molecule has 0 fully saturated rings. The summed E-state index contributed by atoms with van der Waals surface area (Å²) in [5.74, 6) is -0.0181. The van der Waals surface area contributed by atoms with E-state index in [0.717, 1.165) is 25.1 Å². The summed E-state index contributed by atoms with van der Waals surface area (Å²) in [6.07, 6.45) is 3.78. The fraction of sp³-hybridized carbons (Fsp3) is 0.105. The van der Waals surface area contributed by atoms with Crippen molar-refractivity contribution in [3.05, 3.63) is 74.1 Å². The van der Waals surface area contributed by atoms with E-state index in [2.05, 4.69) is 25.9 Å². The molecule has 8 heteroatoms. The van der Waals surface area contributed by atoms with E-state index in [0.29, 0.717) is 16.0 Å². The first-order chi connectivity index (χ1) is 13.1. The Kier molecular flexibility index (Phi) is 5.54. The van der Waals surface area contributed by atoms with Gasteiger partial charge in [-0.2, -0.15) is 0 Å². The van der Waals surface area contributed by atoms with E-state index in [1.807, 2.05) is 42.5 Å². The number of nitrogens with zero attached hydrogens (tertiary/aromatic N) is 3. The third-order valence-electron chi connectivity index (χ3n) is 3.89. The number of halogens is 2. The van der Waals surface area contributed by atoms with Gasteiger partial charge in [0.1, 0.15) is 0 Å². The summed E-state index contributed by atoms with van der Waals surface area (Å²) in [7, 11) is 0. The van der Waals surface area contributed by atoms with E-state index < -0.39 is 0 Å². The Morgan fingerprint density at radius 3 is 2.81 bits per heavy atom. The number of anilines is 1. The Labute approximate surface area is 177 Å². The minimum absolute atomic E-state index is 0.0181. The van der Waals surface area contributed by atoms with Crippen molar-refractivity contribution in [2.45, 2.75) is 13.0 Å². The van der Waals surface area contributed by atoms with Crippen molar-refractivity contribution in [3.63, 3.8) is 0 Å². The van der Waals surface area contributed by atoms with Gasteiger partial charge in [-0.05, 0) is 42.0 Å². The first-order valence-electron chi connectivity index (χ1n) is 8.08. The minimum atomic E-state index is -0.0181. The molecule has 3 aromatic heterocycles. The quantitative estimate of drug-likeness (QED) is 0.356. The van der Waals surface area contributed by atoms with Crippen LogP contribution in [0.4, 0.5) is 5.13 Å². The summed E-state index contributed by atoms with van der Waals surface area (Å²) in [5.41, 5.74) is 1.83. The lowest BCUT2D eigenvalue weighted by atomic mass is 10.2. The largest absolute Gasteiger partial charge is 0.283 e. The second-order valence-corrected chi connectivity index (χ2v) is 9.56. The average Bonchev–Trinajstić information content (AvgIpc) is 3.25. The van der Waals surface area contributed by atoms with Gasteiger partial charge in [0.25, 0.3) is 0 Å². The molecule has 0 bridgehead atoms. The van der Waals surface area contributed by atoms with Gasteiger partial charge in [0.05, 0.1) is 27.5 Å². The number of amides is 1. The zero-order valence-electron chi connectivity index (χ0n) is 13.9. The van der Waals surface area contributed by atoms with Crippen molar-refractivity contribution in [1.29, 1.82) is 0 Å². The van der Waals surface area contributed by atoms with Crippen molar-refractivity contribution < 1.29 is 4.79 Å². The second kappa shape index (κ2) is 8.06. The summed E-state index contributed by atoms with van der Waals surface area (Å²) in [6.45, 7) is 0.423. The first kappa shape index (κ1) is 18.6. The lowest BCUT2D eigenvalue weighted by Gasteiger charge is -2.19. The normalized spacial score (nSPS) is 11.0. The summed E-state index contributed by atoms with van der Waals surface area (Å²) in [6, 6.07) is 13.4. The third-order valence-corrected chi connectivity index (χ3v) is 6.65. The Morgan fingerprint density at radius 2 is 2.07 bits per heavy atom.